The summed E-state index contributed by atoms with van der Waals surface area (Å²) < 4.78 is 12.6. The number of benzene rings is 1. The van der Waals surface area contributed by atoms with Gasteiger partial charge in [0.1, 0.15) is 11.9 Å². The predicted molar refractivity (Wildman–Crippen MR) is 50.9 cm³/mol. The molecule has 0 fully saturated rings. The number of quaternary nitrogens is 1. The van der Waals surface area contributed by atoms with Gasteiger partial charge in [0, 0.05) is 18.0 Å². The van der Waals surface area contributed by atoms with Crippen LogP contribution in [0.5, 0.6) is 0 Å². The zero-order valence-electron chi connectivity index (χ0n) is 8.41. The highest BCUT2D eigenvalue weighted by molar-refractivity contribution is 5.64. The van der Waals surface area contributed by atoms with E-state index in [-0.39, 0.29) is 18.3 Å². The first-order chi connectivity index (χ1) is 7.09. The average molecular weight is 211 g/mol. The Bertz CT molecular complexity index is 324. The molecule has 1 aromatic carbocycles. The summed E-state index contributed by atoms with van der Waals surface area (Å²) in [7, 11) is 0. The molecule has 0 aliphatic heterocycles. The van der Waals surface area contributed by atoms with Gasteiger partial charge >= 0.3 is 0 Å². The minimum atomic E-state index is -1.04. The van der Waals surface area contributed by atoms with E-state index in [2.05, 4.69) is 5.73 Å². The van der Waals surface area contributed by atoms with Crippen LogP contribution in [0.15, 0.2) is 24.3 Å². The second-order valence-corrected chi connectivity index (χ2v) is 3.51. The molecule has 3 nitrogen and oxygen atoms in total. The van der Waals surface area contributed by atoms with Crippen molar-refractivity contribution in [3.63, 3.8) is 0 Å². The minimum Gasteiger partial charge on any atom is -0.550 e. The first-order valence-corrected chi connectivity index (χ1v) is 4.88. The second-order valence-electron chi connectivity index (χ2n) is 3.51. The highest BCUT2D eigenvalue weighted by Crippen LogP contribution is 2.15. The van der Waals surface area contributed by atoms with Crippen molar-refractivity contribution >= 4 is 5.97 Å². The van der Waals surface area contributed by atoms with Crippen LogP contribution in [0.25, 0.3) is 0 Å². The highest BCUT2D eigenvalue weighted by atomic mass is 19.1. The molecule has 15 heavy (non-hydrogen) atoms. The van der Waals surface area contributed by atoms with Crippen LogP contribution in [-0.4, -0.2) is 5.97 Å². The summed E-state index contributed by atoms with van der Waals surface area (Å²) in [5.41, 5.74) is 4.82. The fraction of sp³-hybridized carbons (Fsp3) is 0.364. The Morgan fingerprint density at radius 1 is 1.40 bits per heavy atom. The van der Waals surface area contributed by atoms with Gasteiger partial charge in [-0.1, -0.05) is 12.1 Å². The number of halogens is 1. The van der Waals surface area contributed by atoms with Crippen molar-refractivity contribution in [3.8, 4) is 0 Å². The Hall–Kier alpha value is -1.42. The van der Waals surface area contributed by atoms with E-state index in [1.807, 2.05) is 0 Å². The summed E-state index contributed by atoms with van der Waals surface area (Å²) in [4.78, 5) is 10.2. The summed E-state index contributed by atoms with van der Waals surface area (Å²) in [6.45, 7) is 0. The lowest BCUT2D eigenvalue weighted by Gasteiger charge is -2.08. The largest absolute Gasteiger partial charge is 0.550 e. The predicted octanol–water partition coefficient (Wildman–Crippen LogP) is 0.0289. The molecule has 0 aromatic heterocycles. The van der Waals surface area contributed by atoms with E-state index in [0.717, 1.165) is 5.56 Å². The summed E-state index contributed by atoms with van der Waals surface area (Å²) >= 11 is 0. The normalized spacial score (nSPS) is 12.4. The van der Waals surface area contributed by atoms with Crippen LogP contribution in [-0.2, 0) is 4.79 Å². The molecule has 1 rings (SSSR count). The van der Waals surface area contributed by atoms with Crippen molar-refractivity contribution in [2.75, 3.05) is 0 Å². The Labute approximate surface area is 87.7 Å². The molecule has 1 atom stereocenters. The quantitative estimate of drug-likeness (QED) is 0.746. The maximum atomic E-state index is 12.6. The number of hydrogen-bond acceptors (Lipinski definition) is 2. The maximum absolute atomic E-state index is 12.6. The van der Waals surface area contributed by atoms with Crippen molar-refractivity contribution in [3.05, 3.63) is 35.6 Å². The van der Waals surface area contributed by atoms with Crippen molar-refractivity contribution in [2.45, 2.75) is 25.3 Å². The van der Waals surface area contributed by atoms with Gasteiger partial charge in [-0.05, 0) is 25.0 Å². The van der Waals surface area contributed by atoms with Gasteiger partial charge in [0.25, 0.3) is 0 Å². The standard InChI is InChI=1S/C11H14FNO2/c12-9-6-4-8(5-7-9)10(13)2-1-3-11(14)15/h4-7,10H,1-3,13H2,(H,14,15)/t10-/m1/s1. The summed E-state index contributed by atoms with van der Waals surface area (Å²) in [5.74, 6) is -1.32. The van der Waals surface area contributed by atoms with Crippen molar-refractivity contribution in [2.24, 2.45) is 0 Å². The highest BCUT2D eigenvalue weighted by Gasteiger charge is 2.08. The van der Waals surface area contributed by atoms with Gasteiger partial charge in [0.15, 0.2) is 0 Å². The topological polar surface area (TPSA) is 67.8 Å². The molecule has 0 bridgehead atoms. The molecule has 0 saturated carbocycles. The molecule has 0 aliphatic rings. The van der Waals surface area contributed by atoms with Gasteiger partial charge in [0.2, 0.25) is 0 Å². The first kappa shape index (κ1) is 11.7. The third-order valence-corrected chi connectivity index (χ3v) is 2.27. The van der Waals surface area contributed by atoms with E-state index in [1.54, 1.807) is 12.1 Å². The molecule has 0 amide bonds. The smallest absolute Gasteiger partial charge is 0.123 e. The van der Waals surface area contributed by atoms with Crippen LogP contribution < -0.4 is 10.8 Å². The van der Waals surface area contributed by atoms with E-state index < -0.39 is 5.97 Å². The molecule has 82 valence electrons. The molecule has 0 spiro atoms. The second kappa shape index (κ2) is 5.46. The van der Waals surface area contributed by atoms with Crippen LogP contribution >= 0.6 is 0 Å². The molecule has 3 N–H and O–H groups in total. The van der Waals surface area contributed by atoms with E-state index in [1.165, 1.54) is 12.1 Å². The molecule has 4 heteroatoms. The lowest BCUT2D eigenvalue weighted by molar-refractivity contribution is -0.428. The lowest BCUT2D eigenvalue weighted by Crippen LogP contribution is -2.53. The number of carboxylic acids is 1. The number of carboxylic acid groups (broad SMARTS) is 1. The van der Waals surface area contributed by atoms with Crippen molar-refractivity contribution in [1.82, 2.24) is 0 Å². The summed E-state index contributed by atoms with van der Waals surface area (Å²) in [6.07, 6.45) is 1.25. The van der Waals surface area contributed by atoms with Crippen LogP contribution in [0, 0.1) is 5.82 Å². The van der Waals surface area contributed by atoms with E-state index in [4.69, 9.17) is 0 Å². The lowest BCUT2D eigenvalue weighted by atomic mass is 10.0. The zero-order valence-corrected chi connectivity index (χ0v) is 8.41. The monoisotopic (exact) mass is 211 g/mol. The summed E-state index contributed by atoms with van der Waals surface area (Å²) in [5, 5.41) is 10.2. The summed E-state index contributed by atoms with van der Waals surface area (Å²) in [6, 6.07) is 6.11. The number of hydrogen-bond donors (Lipinski definition) is 1. The molecule has 0 heterocycles. The van der Waals surface area contributed by atoms with Gasteiger partial charge in [-0.3, -0.25) is 0 Å². The molecular formula is C11H14FNO2. The minimum absolute atomic E-state index is 0.00458. The Morgan fingerprint density at radius 2 is 2.00 bits per heavy atom. The number of aliphatic carboxylic acids is 1. The van der Waals surface area contributed by atoms with Gasteiger partial charge in [0.05, 0.1) is 0 Å². The Balaban J connectivity index is 2.43. The molecular weight excluding hydrogens is 197 g/mol. The average Bonchev–Trinajstić information content (AvgIpc) is 2.18. The van der Waals surface area contributed by atoms with E-state index >= 15 is 0 Å². The molecule has 0 unspecified atom stereocenters. The fourth-order valence-corrected chi connectivity index (χ4v) is 1.39. The molecule has 0 aliphatic carbocycles. The Morgan fingerprint density at radius 3 is 2.53 bits per heavy atom. The van der Waals surface area contributed by atoms with Crippen LogP contribution in [0.3, 0.4) is 0 Å². The van der Waals surface area contributed by atoms with Crippen molar-refractivity contribution in [1.29, 1.82) is 0 Å². The molecule has 0 saturated heterocycles. The van der Waals surface area contributed by atoms with Gasteiger partial charge in [-0.15, -0.1) is 0 Å². The third kappa shape index (κ3) is 4.08. The molecule has 0 radical (unpaired) electrons. The van der Waals surface area contributed by atoms with Gasteiger partial charge in [-0.25, -0.2) is 4.39 Å². The number of carbonyl (C=O) groups is 1. The first-order valence-electron chi connectivity index (χ1n) is 4.88. The fourth-order valence-electron chi connectivity index (χ4n) is 1.39. The number of rotatable bonds is 5. The number of carbonyl (C=O) groups excluding carboxylic acids is 1. The van der Waals surface area contributed by atoms with Crippen molar-refractivity contribution < 1.29 is 20.0 Å². The van der Waals surface area contributed by atoms with Crippen LogP contribution in [0.4, 0.5) is 4.39 Å². The van der Waals surface area contributed by atoms with Crippen LogP contribution in [0.2, 0.25) is 0 Å². The van der Waals surface area contributed by atoms with E-state index in [9.17, 15) is 14.3 Å². The van der Waals surface area contributed by atoms with Crippen LogP contribution in [0.1, 0.15) is 30.9 Å². The SMILES string of the molecule is [NH3+][C@H](CCCC(=O)[O-])c1ccc(F)cc1. The maximum Gasteiger partial charge on any atom is 0.123 e. The third-order valence-electron chi connectivity index (χ3n) is 2.27. The van der Waals surface area contributed by atoms with Gasteiger partial charge in [-0.2, -0.15) is 0 Å². The Kier molecular flexibility index (Phi) is 4.24. The zero-order chi connectivity index (χ0) is 11.3. The van der Waals surface area contributed by atoms with Gasteiger partial charge < -0.3 is 15.6 Å². The van der Waals surface area contributed by atoms with E-state index in [0.29, 0.717) is 12.8 Å². The molecule has 1 aromatic rings.